The second kappa shape index (κ2) is 4.36. The summed E-state index contributed by atoms with van der Waals surface area (Å²) in [6.07, 6.45) is -2.68. The molecular formula is C4H10N4O4. The highest BCUT2D eigenvalue weighted by Crippen LogP contribution is 1.82. The minimum atomic E-state index is -1.34. The predicted octanol–water partition coefficient (Wildman–Crippen LogP) is -1.31. The fraction of sp³-hybridized carbons (Fsp3) is 0.500. The average Bonchev–Trinajstić information content (AvgIpc) is 1.98. The number of hydrazine groups is 2. The van der Waals surface area contributed by atoms with Crippen molar-refractivity contribution in [1.29, 1.82) is 0 Å². The molecule has 0 atom stereocenters. The fourth-order valence-corrected chi connectivity index (χ4v) is 0.407. The summed E-state index contributed by atoms with van der Waals surface area (Å²) >= 11 is 0. The van der Waals surface area contributed by atoms with Crippen molar-refractivity contribution in [2.24, 2.45) is 11.7 Å². The molecule has 0 saturated heterocycles. The monoisotopic (exact) mass is 178 g/mol. The first kappa shape index (κ1) is 10.5. The Morgan fingerprint density at radius 3 is 1.42 bits per heavy atom. The van der Waals surface area contributed by atoms with Crippen molar-refractivity contribution in [2.75, 3.05) is 13.1 Å². The molecule has 2 amide bonds. The lowest BCUT2D eigenvalue weighted by Gasteiger charge is -2.16. The van der Waals surface area contributed by atoms with Crippen LogP contribution in [0.5, 0.6) is 0 Å². The van der Waals surface area contributed by atoms with Gasteiger partial charge in [-0.2, -0.15) is 0 Å². The van der Waals surface area contributed by atoms with Crippen LogP contribution in [0.2, 0.25) is 0 Å². The fourth-order valence-electron chi connectivity index (χ4n) is 0.407. The molecule has 0 heterocycles. The van der Waals surface area contributed by atoms with Crippen LogP contribution in [0.25, 0.3) is 0 Å². The van der Waals surface area contributed by atoms with Crippen LogP contribution in [-0.4, -0.2) is 45.5 Å². The van der Waals surface area contributed by atoms with Gasteiger partial charge in [0.05, 0.1) is 13.1 Å². The van der Waals surface area contributed by atoms with Gasteiger partial charge < -0.3 is 10.2 Å². The van der Waals surface area contributed by atoms with E-state index in [1.807, 2.05) is 0 Å². The standard InChI is InChI=1S/C4H10N4O4/c5-7(3(9)10)1-2-8(6)4(11)12/h1-2,5-6H2,(H,9,10)(H,11,12). The summed E-state index contributed by atoms with van der Waals surface area (Å²) in [4.78, 5) is 20.2. The number of carboxylic acid groups (broad SMARTS) is 2. The molecule has 0 aromatic rings. The molecule has 8 heteroatoms. The Kier molecular flexibility index (Phi) is 3.80. The van der Waals surface area contributed by atoms with Gasteiger partial charge in [-0.05, 0) is 0 Å². The van der Waals surface area contributed by atoms with Crippen molar-refractivity contribution < 1.29 is 19.8 Å². The minimum Gasteiger partial charge on any atom is -0.464 e. The molecule has 0 rings (SSSR count). The zero-order valence-corrected chi connectivity index (χ0v) is 6.17. The van der Waals surface area contributed by atoms with Gasteiger partial charge in [0.1, 0.15) is 0 Å². The number of hydrogen-bond acceptors (Lipinski definition) is 4. The summed E-state index contributed by atoms with van der Waals surface area (Å²) in [6.45, 7) is -0.337. The van der Waals surface area contributed by atoms with Crippen LogP contribution < -0.4 is 11.7 Å². The molecule has 0 aromatic carbocycles. The highest BCUT2D eigenvalue weighted by atomic mass is 16.4. The number of nitrogens with two attached hydrogens (primary N) is 2. The van der Waals surface area contributed by atoms with Gasteiger partial charge in [0.2, 0.25) is 0 Å². The van der Waals surface area contributed by atoms with Crippen LogP contribution >= 0.6 is 0 Å². The minimum absolute atomic E-state index is 0.169. The van der Waals surface area contributed by atoms with Gasteiger partial charge in [-0.25, -0.2) is 31.3 Å². The van der Waals surface area contributed by atoms with Gasteiger partial charge in [0.15, 0.2) is 0 Å². The molecule has 0 radical (unpaired) electrons. The quantitative estimate of drug-likeness (QED) is 0.241. The molecule has 70 valence electrons. The Morgan fingerprint density at radius 1 is 1.00 bits per heavy atom. The van der Waals surface area contributed by atoms with Gasteiger partial charge >= 0.3 is 12.2 Å². The van der Waals surface area contributed by atoms with Crippen LogP contribution in [0.15, 0.2) is 0 Å². The van der Waals surface area contributed by atoms with Crippen LogP contribution in [0.1, 0.15) is 0 Å². The smallest absolute Gasteiger partial charge is 0.421 e. The third-order valence-corrected chi connectivity index (χ3v) is 1.07. The van der Waals surface area contributed by atoms with E-state index in [0.29, 0.717) is 10.0 Å². The predicted molar refractivity (Wildman–Crippen MR) is 37.8 cm³/mol. The second-order valence-corrected chi connectivity index (χ2v) is 1.95. The Labute approximate surface area is 67.9 Å². The average molecular weight is 178 g/mol. The molecule has 0 bridgehead atoms. The Hall–Kier alpha value is -1.54. The molecule has 12 heavy (non-hydrogen) atoms. The molecule has 6 N–H and O–H groups in total. The third-order valence-electron chi connectivity index (χ3n) is 1.07. The highest BCUT2D eigenvalue weighted by molar-refractivity contribution is 5.65. The van der Waals surface area contributed by atoms with Gasteiger partial charge in [-0.3, -0.25) is 0 Å². The first-order valence-corrected chi connectivity index (χ1v) is 2.95. The largest absolute Gasteiger partial charge is 0.464 e. The lowest BCUT2D eigenvalue weighted by molar-refractivity contribution is 0.123. The number of rotatable bonds is 3. The Bertz CT molecular complexity index is 164. The van der Waals surface area contributed by atoms with Gasteiger partial charge in [0, 0.05) is 0 Å². The van der Waals surface area contributed by atoms with Crippen LogP contribution in [-0.2, 0) is 0 Å². The van der Waals surface area contributed by atoms with E-state index in [2.05, 4.69) is 0 Å². The number of hydrogen-bond donors (Lipinski definition) is 4. The van der Waals surface area contributed by atoms with Crippen molar-refractivity contribution in [1.82, 2.24) is 10.0 Å². The van der Waals surface area contributed by atoms with E-state index in [4.69, 9.17) is 21.9 Å². The van der Waals surface area contributed by atoms with Gasteiger partial charge in [0.25, 0.3) is 0 Å². The summed E-state index contributed by atoms with van der Waals surface area (Å²) in [7, 11) is 0. The third kappa shape index (κ3) is 3.58. The molecule has 0 spiro atoms. The Balaban J connectivity index is 3.68. The maximum atomic E-state index is 10.1. The number of nitrogens with zero attached hydrogens (tertiary/aromatic N) is 2. The summed E-state index contributed by atoms with van der Waals surface area (Å²) in [5.74, 6) is 9.85. The maximum Gasteiger partial charge on any atom is 0.421 e. The van der Waals surface area contributed by atoms with Crippen LogP contribution in [0.4, 0.5) is 9.59 Å². The molecule has 0 saturated carbocycles. The first-order chi connectivity index (χ1) is 5.45. The number of amides is 2. The Morgan fingerprint density at radius 2 is 1.25 bits per heavy atom. The van der Waals surface area contributed by atoms with E-state index < -0.39 is 12.2 Å². The zero-order valence-electron chi connectivity index (χ0n) is 6.17. The molecule has 8 nitrogen and oxygen atoms in total. The van der Waals surface area contributed by atoms with Crippen molar-refractivity contribution in [3.8, 4) is 0 Å². The first-order valence-electron chi connectivity index (χ1n) is 2.95. The molecular weight excluding hydrogens is 168 g/mol. The topological polar surface area (TPSA) is 133 Å². The lowest BCUT2D eigenvalue weighted by atomic mass is 10.6. The van der Waals surface area contributed by atoms with Crippen molar-refractivity contribution in [3.05, 3.63) is 0 Å². The molecule has 0 aliphatic carbocycles. The van der Waals surface area contributed by atoms with Crippen molar-refractivity contribution in [3.63, 3.8) is 0 Å². The summed E-state index contributed by atoms with van der Waals surface area (Å²) in [5, 5.41) is 17.3. The summed E-state index contributed by atoms with van der Waals surface area (Å²) < 4.78 is 0. The van der Waals surface area contributed by atoms with E-state index in [9.17, 15) is 9.59 Å². The van der Waals surface area contributed by atoms with E-state index in [1.54, 1.807) is 0 Å². The van der Waals surface area contributed by atoms with Crippen LogP contribution in [0, 0.1) is 0 Å². The lowest BCUT2D eigenvalue weighted by Crippen LogP contribution is -2.46. The molecule has 0 aliphatic rings. The molecule has 0 unspecified atom stereocenters. The van der Waals surface area contributed by atoms with E-state index in [1.165, 1.54) is 0 Å². The summed E-state index contributed by atoms with van der Waals surface area (Å²) in [6, 6.07) is 0. The van der Waals surface area contributed by atoms with Crippen molar-refractivity contribution >= 4 is 12.2 Å². The highest BCUT2D eigenvalue weighted by Gasteiger charge is 2.10. The summed E-state index contributed by atoms with van der Waals surface area (Å²) in [5.41, 5.74) is 0. The van der Waals surface area contributed by atoms with E-state index >= 15 is 0 Å². The van der Waals surface area contributed by atoms with Crippen molar-refractivity contribution in [2.45, 2.75) is 0 Å². The van der Waals surface area contributed by atoms with Crippen LogP contribution in [0.3, 0.4) is 0 Å². The second-order valence-electron chi connectivity index (χ2n) is 1.95. The number of carbonyl (C=O) groups is 2. The molecule has 0 aliphatic heterocycles. The molecule has 0 fully saturated rings. The zero-order chi connectivity index (χ0) is 9.72. The SMILES string of the molecule is NN(CCN(N)C(=O)O)C(=O)O. The normalized spacial score (nSPS) is 9.17. The maximum absolute atomic E-state index is 10.1. The van der Waals surface area contributed by atoms with E-state index in [0.717, 1.165) is 0 Å². The van der Waals surface area contributed by atoms with Gasteiger partial charge in [-0.15, -0.1) is 0 Å². The van der Waals surface area contributed by atoms with E-state index in [-0.39, 0.29) is 13.1 Å². The molecule has 0 aromatic heterocycles. The van der Waals surface area contributed by atoms with Gasteiger partial charge in [-0.1, -0.05) is 0 Å².